The molecule has 1 heterocycles. The van der Waals surface area contributed by atoms with Gasteiger partial charge in [0.1, 0.15) is 0 Å². The van der Waals surface area contributed by atoms with E-state index in [-0.39, 0.29) is 10.8 Å². The Hall–Kier alpha value is -1.90. The van der Waals surface area contributed by atoms with E-state index in [4.69, 9.17) is 0 Å². The predicted molar refractivity (Wildman–Crippen MR) is 93.8 cm³/mol. The van der Waals surface area contributed by atoms with Crippen LogP contribution in [-0.2, 0) is 10.0 Å². The molecule has 0 aliphatic heterocycles. The number of benzene rings is 1. The number of anilines is 2. The quantitative estimate of drug-likeness (QED) is 0.837. The number of carbonyl (C=O) groups is 1. The molecular weight excluding hydrogens is 334 g/mol. The average molecular weight is 353 g/mol. The molecule has 0 atom stereocenters. The number of rotatable bonds is 6. The molecule has 0 bridgehead atoms. The highest BCUT2D eigenvalue weighted by Crippen LogP contribution is 2.27. The summed E-state index contributed by atoms with van der Waals surface area (Å²) in [7, 11) is -0.624. The minimum atomic E-state index is -3.56. The van der Waals surface area contributed by atoms with Crippen molar-refractivity contribution in [2.45, 2.75) is 11.8 Å². The van der Waals surface area contributed by atoms with Gasteiger partial charge >= 0.3 is 0 Å². The molecule has 0 spiro atoms. The van der Waals surface area contributed by atoms with Crippen molar-refractivity contribution >= 4 is 38.6 Å². The van der Waals surface area contributed by atoms with Gasteiger partial charge in [0.2, 0.25) is 10.0 Å². The van der Waals surface area contributed by atoms with Crippen molar-refractivity contribution in [1.29, 1.82) is 0 Å². The van der Waals surface area contributed by atoms with Crippen molar-refractivity contribution in [3.05, 3.63) is 40.6 Å². The van der Waals surface area contributed by atoms with Crippen LogP contribution in [0.1, 0.15) is 16.6 Å². The number of carbonyl (C=O) groups excluding carboxylic acids is 1. The summed E-state index contributed by atoms with van der Waals surface area (Å²) < 4.78 is 25.7. The average Bonchev–Trinajstić information content (AvgIpc) is 3.03. The van der Waals surface area contributed by atoms with Crippen LogP contribution in [-0.4, -0.2) is 39.3 Å². The lowest BCUT2D eigenvalue weighted by Gasteiger charge is -2.16. The molecule has 1 amide bonds. The van der Waals surface area contributed by atoms with E-state index in [1.54, 1.807) is 18.2 Å². The van der Waals surface area contributed by atoms with E-state index in [2.05, 4.69) is 10.6 Å². The lowest BCUT2D eigenvalue weighted by atomic mass is 10.2. The van der Waals surface area contributed by atoms with Gasteiger partial charge in [-0.05, 0) is 36.6 Å². The molecule has 23 heavy (non-hydrogen) atoms. The van der Waals surface area contributed by atoms with Gasteiger partial charge in [-0.25, -0.2) is 12.7 Å². The molecule has 1 aromatic carbocycles. The normalized spacial score (nSPS) is 11.5. The highest BCUT2D eigenvalue weighted by atomic mass is 32.2. The molecule has 2 N–H and O–H groups in total. The van der Waals surface area contributed by atoms with Crippen LogP contribution >= 0.6 is 11.3 Å². The summed E-state index contributed by atoms with van der Waals surface area (Å²) in [5.74, 6) is -0.265. The van der Waals surface area contributed by atoms with Crippen LogP contribution in [0.4, 0.5) is 11.4 Å². The van der Waals surface area contributed by atoms with Crippen LogP contribution in [0, 0.1) is 0 Å². The molecule has 0 unspecified atom stereocenters. The molecular formula is C15H19N3O3S2. The molecule has 0 radical (unpaired) electrons. The Balaban J connectivity index is 2.40. The fourth-order valence-corrected chi connectivity index (χ4v) is 3.48. The van der Waals surface area contributed by atoms with Gasteiger partial charge in [0.15, 0.2) is 0 Å². The Labute approximate surface area is 140 Å². The minimum Gasteiger partial charge on any atom is -0.384 e. The van der Waals surface area contributed by atoms with E-state index in [1.807, 2.05) is 12.3 Å². The Morgan fingerprint density at radius 1 is 1.22 bits per heavy atom. The molecule has 6 nitrogen and oxygen atoms in total. The van der Waals surface area contributed by atoms with Crippen molar-refractivity contribution in [3.8, 4) is 0 Å². The van der Waals surface area contributed by atoms with E-state index in [9.17, 15) is 13.2 Å². The largest absolute Gasteiger partial charge is 0.384 e. The smallest absolute Gasteiger partial charge is 0.265 e. The van der Waals surface area contributed by atoms with E-state index < -0.39 is 10.0 Å². The van der Waals surface area contributed by atoms with Crippen LogP contribution in [0.15, 0.2) is 40.6 Å². The van der Waals surface area contributed by atoms with Gasteiger partial charge in [0.05, 0.1) is 21.1 Å². The molecule has 0 saturated heterocycles. The van der Waals surface area contributed by atoms with Gasteiger partial charge in [-0.1, -0.05) is 6.07 Å². The zero-order valence-corrected chi connectivity index (χ0v) is 14.8. The van der Waals surface area contributed by atoms with Gasteiger partial charge in [-0.3, -0.25) is 4.79 Å². The second-order valence-electron chi connectivity index (χ2n) is 4.96. The molecule has 0 aliphatic rings. The molecule has 2 rings (SSSR count). The Bertz CT molecular complexity index is 784. The van der Waals surface area contributed by atoms with Gasteiger partial charge in [-0.2, -0.15) is 0 Å². The number of hydrogen-bond acceptors (Lipinski definition) is 5. The first kappa shape index (κ1) is 17.5. The topological polar surface area (TPSA) is 78.5 Å². The lowest BCUT2D eigenvalue weighted by Crippen LogP contribution is -2.22. The van der Waals surface area contributed by atoms with Crippen LogP contribution in [0.25, 0.3) is 0 Å². The summed E-state index contributed by atoms with van der Waals surface area (Å²) in [5.41, 5.74) is 1.11. The van der Waals surface area contributed by atoms with Gasteiger partial charge in [0.25, 0.3) is 5.91 Å². The number of nitrogens with zero attached hydrogens (tertiary/aromatic N) is 1. The first-order valence-corrected chi connectivity index (χ1v) is 9.33. The zero-order chi connectivity index (χ0) is 17.0. The third-order valence-corrected chi connectivity index (χ3v) is 5.81. The van der Waals surface area contributed by atoms with Crippen LogP contribution < -0.4 is 10.6 Å². The summed E-state index contributed by atoms with van der Waals surface area (Å²) in [5, 5.41) is 7.70. The molecule has 0 aliphatic carbocycles. The van der Waals surface area contributed by atoms with Gasteiger partial charge in [0, 0.05) is 20.6 Å². The highest BCUT2D eigenvalue weighted by Gasteiger charge is 2.19. The molecule has 8 heteroatoms. The first-order chi connectivity index (χ1) is 10.9. The second kappa shape index (κ2) is 7.12. The Kier molecular flexibility index (Phi) is 5.40. The number of hydrogen-bond donors (Lipinski definition) is 2. The highest BCUT2D eigenvalue weighted by molar-refractivity contribution is 7.89. The van der Waals surface area contributed by atoms with E-state index in [1.165, 1.54) is 37.6 Å². The third kappa shape index (κ3) is 3.90. The maximum atomic E-state index is 12.3. The SMILES string of the molecule is CCNc1ccc(S(=O)(=O)N(C)C)cc1NC(=O)c1cccs1. The van der Waals surface area contributed by atoms with E-state index >= 15 is 0 Å². The van der Waals surface area contributed by atoms with Crippen molar-refractivity contribution in [2.24, 2.45) is 0 Å². The van der Waals surface area contributed by atoms with Crippen molar-refractivity contribution in [2.75, 3.05) is 31.3 Å². The Morgan fingerprint density at radius 3 is 2.52 bits per heavy atom. The lowest BCUT2D eigenvalue weighted by molar-refractivity contribution is 0.103. The monoisotopic (exact) mass is 353 g/mol. The maximum Gasteiger partial charge on any atom is 0.265 e. The first-order valence-electron chi connectivity index (χ1n) is 7.01. The predicted octanol–water partition coefficient (Wildman–Crippen LogP) is 2.68. The number of nitrogens with one attached hydrogen (secondary N) is 2. The van der Waals surface area contributed by atoms with Crippen LogP contribution in [0.5, 0.6) is 0 Å². The zero-order valence-electron chi connectivity index (χ0n) is 13.2. The number of sulfonamides is 1. The summed E-state index contributed by atoms with van der Waals surface area (Å²) in [6.07, 6.45) is 0. The Morgan fingerprint density at radius 2 is 1.96 bits per heavy atom. The molecule has 2 aromatic rings. The minimum absolute atomic E-state index is 0.130. The van der Waals surface area contributed by atoms with Gasteiger partial charge in [-0.15, -0.1) is 11.3 Å². The molecule has 124 valence electrons. The summed E-state index contributed by atoms with van der Waals surface area (Å²) >= 11 is 1.33. The fourth-order valence-electron chi connectivity index (χ4n) is 1.93. The number of thiophene rings is 1. The standard InChI is InChI=1S/C15H19N3O3S2/c1-4-16-12-8-7-11(23(20,21)18(2)3)10-13(12)17-15(19)14-6-5-9-22-14/h5-10,16H,4H2,1-3H3,(H,17,19). The molecule has 1 aromatic heterocycles. The van der Waals surface area contributed by atoms with E-state index in [0.29, 0.717) is 22.8 Å². The van der Waals surface area contributed by atoms with Crippen LogP contribution in [0.3, 0.4) is 0 Å². The summed E-state index contributed by atoms with van der Waals surface area (Å²) in [6, 6.07) is 8.15. The summed E-state index contributed by atoms with van der Waals surface area (Å²) in [4.78, 5) is 12.9. The summed E-state index contributed by atoms with van der Waals surface area (Å²) in [6.45, 7) is 2.58. The van der Waals surface area contributed by atoms with Crippen molar-refractivity contribution < 1.29 is 13.2 Å². The molecule has 0 fully saturated rings. The fraction of sp³-hybridized carbons (Fsp3) is 0.267. The number of amides is 1. The third-order valence-electron chi connectivity index (χ3n) is 3.13. The van der Waals surface area contributed by atoms with Crippen LogP contribution in [0.2, 0.25) is 0 Å². The van der Waals surface area contributed by atoms with E-state index in [0.717, 1.165) is 4.31 Å². The van der Waals surface area contributed by atoms with Gasteiger partial charge < -0.3 is 10.6 Å². The second-order valence-corrected chi connectivity index (χ2v) is 8.06. The van der Waals surface area contributed by atoms with Crippen molar-refractivity contribution in [1.82, 2.24) is 4.31 Å². The molecule has 0 saturated carbocycles. The maximum absolute atomic E-state index is 12.3. The van der Waals surface area contributed by atoms with Crippen molar-refractivity contribution in [3.63, 3.8) is 0 Å².